The second kappa shape index (κ2) is 8.31. The molecular weight excluding hydrogens is 364 g/mol. The van der Waals surface area contributed by atoms with Crippen LogP contribution >= 0.6 is 0 Å². The fourth-order valence-electron chi connectivity index (χ4n) is 2.93. The molecule has 0 atom stereocenters. The highest BCUT2D eigenvalue weighted by atomic mass is 16.2. The van der Waals surface area contributed by atoms with Crippen molar-refractivity contribution in [3.63, 3.8) is 0 Å². The van der Waals surface area contributed by atoms with Crippen molar-refractivity contribution in [2.24, 2.45) is 0 Å². The van der Waals surface area contributed by atoms with Crippen LogP contribution in [0.1, 0.15) is 32.1 Å². The van der Waals surface area contributed by atoms with Crippen LogP contribution in [0.4, 0.5) is 5.69 Å². The van der Waals surface area contributed by atoms with Crippen LogP contribution < -0.4 is 5.32 Å². The summed E-state index contributed by atoms with van der Waals surface area (Å²) in [5.41, 5.74) is 3.81. The summed E-state index contributed by atoms with van der Waals surface area (Å²) < 4.78 is 0. The highest BCUT2D eigenvalue weighted by Gasteiger charge is 2.20. The maximum atomic E-state index is 12.9. The van der Waals surface area contributed by atoms with Crippen LogP contribution in [0.3, 0.4) is 0 Å². The second-order valence-electron chi connectivity index (χ2n) is 6.48. The lowest BCUT2D eigenvalue weighted by atomic mass is 10.1. The molecule has 0 aliphatic heterocycles. The third-order valence-electron chi connectivity index (χ3n) is 4.40. The number of aromatic nitrogens is 3. The molecule has 0 saturated carbocycles. The van der Waals surface area contributed by atoms with Gasteiger partial charge < -0.3 is 5.32 Å². The molecule has 4 aromatic rings. The van der Waals surface area contributed by atoms with Gasteiger partial charge in [0.25, 0.3) is 5.91 Å². The van der Waals surface area contributed by atoms with E-state index in [1.54, 1.807) is 12.1 Å². The van der Waals surface area contributed by atoms with E-state index in [0.29, 0.717) is 23.4 Å². The second-order valence-corrected chi connectivity index (χ2v) is 6.48. The number of benzene rings is 3. The van der Waals surface area contributed by atoms with Gasteiger partial charge in [0.1, 0.15) is 12.0 Å². The SMILES string of the molecule is O=Cc1ccc(Cc2nn(-c3ccccc3)nc2C(=O)Nc2ccccc2)cc1. The van der Waals surface area contributed by atoms with Gasteiger partial charge in [-0.25, -0.2) is 0 Å². The van der Waals surface area contributed by atoms with Crippen LogP contribution in [0.25, 0.3) is 5.69 Å². The summed E-state index contributed by atoms with van der Waals surface area (Å²) in [5.74, 6) is -0.321. The van der Waals surface area contributed by atoms with E-state index in [1.165, 1.54) is 4.80 Å². The molecule has 0 unspecified atom stereocenters. The van der Waals surface area contributed by atoms with Crippen LogP contribution in [0, 0.1) is 0 Å². The van der Waals surface area contributed by atoms with E-state index in [9.17, 15) is 9.59 Å². The molecule has 142 valence electrons. The number of anilines is 1. The van der Waals surface area contributed by atoms with Crippen molar-refractivity contribution < 1.29 is 9.59 Å². The summed E-state index contributed by atoms with van der Waals surface area (Å²) in [6, 6.07) is 25.9. The Morgan fingerprint density at radius 1 is 0.862 bits per heavy atom. The molecule has 4 rings (SSSR count). The van der Waals surface area contributed by atoms with Crippen molar-refractivity contribution in [3.05, 3.63) is 107 Å². The van der Waals surface area contributed by atoms with Crippen LogP contribution in [0.2, 0.25) is 0 Å². The van der Waals surface area contributed by atoms with Gasteiger partial charge in [-0.2, -0.15) is 9.90 Å². The fraction of sp³-hybridized carbons (Fsp3) is 0.0435. The molecule has 0 bridgehead atoms. The third-order valence-corrected chi connectivity index (χ3v) is 4.40. The molecule has 0 spiro atoms. The van der Waals surface area contributed by atoms with Crippen LogP contribution in [0.15, 0.2) is 84.9 Å². The van der Waals surface area contributed by atoms with E-state index >= 15 is 0 Å². The normalized spacial score (nSPS) is 10.5. The van der Waals surface area contributed by atoms with Gasteiger partial charge in [-0.05, 0) is 29.8 Å². The van der Waals surface area contributed by atoms with E-state index < -0.39 is 0 Å². The highest BCUT2D eigenvalue weighted by Crippen LogP contribution is 2.16. The minimum atomic E-state index is -0.321. The summed E-state index contributed by atoms with van der Waals surface area (Å²) in [5, 5.41) is 11.9. The summed E-state index contributed by atoms with van der Waals surface area (Å²) >= 11 is 0. The molecule has 29 heavy (non-hydrogen) atoms. The van der Waals surface area contributed by atoms with Gasteiger partial charge in [-0.1, -0.05) is 60.7 Å². The number of hydrogen-bond donors (Lipinski definition) is 1. The molecule has 0 radical (unpaired) electrons. The fourth-order valence-corrected chi connectivity index (χ4v) is 2.93. The van der Waals surface area contributed by atoms with Crippen molar-refractivity contribution in [3.8, 4) is 5.69 Å². The first kappa shape index (κ1) is 18.3. The average Bonchev–Trinajstić information content (AvgIpc) is 3.19. The topological polar surface area (TPSA) is 76.9 Å². The third kappa shape index (κ3) is 4.27. The van der Waals surface area contributed by atoms with E-state index in [-0.39, 0.29) is 11.6 Å². The predicted octanol–water partition coefficient (Wildman–Crippen LogP) is 3.92. The summed E-state index contributed by atoms with van der Waals surface area (Å²) in [4.78, 5) is 25.2. The van der Waals surface area contributed by atoms with Gasteiger partial charge in [0.05, 0.1) is 5.69 Å². The predicted molar refractivity (Wildman–Crippen MR) is 110 cm³/mol. The zero-order chi connectivity index (χ0) is 20.1. The van der Waals surface area contributed by atoms with Crippen LogP contribution in [-0.4, -0.2) is 27.2 Å². The number of nitrogens with one attached hydrogen (secondary N) is 1. The molecule has 1 aromatic heterocycles. The first-order valence-corrected chi connectivity index (χ1v) is 9.15. The van der Waals surface area contributed by atoms with Gasteiger partial charge in [0.15, 0.2) is 5.69 Å². The number of carbonyl (C=O) groups is 2. The lowest BCUT2D eigenvalue weighted by Crippen LogP contribution is -2.15. The molecule has 0 saturated heterocycles. The van der Waals surface area contributed by atoms with Gasteiger partial charge in [0.2, 0.25) is 0 Å². The minimum absolute atomic E-state index is 0.261. The zero-order valence-corrected chi connectivity index (χ0v) is 15.5. The Bertz CT molecular complexity index is 1120. The Labute approximate surface area is 167 Å². The zero-order valence-electron chi connectivity index (χ0n) is 15.5. The van der Waals surface area contributed by atoms with Gasteiger partial charge >= 0.3 is 0 Å². The number of amides is 1. The van der Waals surface area contributed by atoms with Gasteiger partial charge in [-0.15, -0.1) is 5.10 Å². The Balaban J connectivity index is 1.68. The number of aldehydes is 1. The summed E-state index contributed by atoms with van der Waals surface area (Å²) in [6.07, 6.45) is 1.22. The van der Waals surface area contributed by atoms with E-state index in [2.05, 4.69) is 15.5 Å². The molecule has 6 heteroatoms. The molecule has 0 aliphatic rings. The number of hydrogen-bond acceptors (Lipinski definition) is 4. The Kier molecular flexibility index (Phi) is 5.25. The standard InChI is InChI=1S/C23H18N4O2/c28-16-18-13-11-17(12-14-18)15-21-22(23(29)24-19-7-3-1-4-8-19)26-27(25-21)20-9-5-2-6-10-20/h1-14,16H,15H2,(H,24,29). The first-order valence-electron chi connectivity index (χ1n) is 9.15. The van der Waals surface area contributed by atoms with Crippen molar-refractivity contribution in [2.75, 3.05) is 5.32 Å². The van der Waals surface area contributed by atoms with Crippen LogP contribution in [-0.2, 0) is 6.42 Å². The van der Waals surface area contributed by atoms with Crippen molar-refractivity contribution >= 4 is 17.9 Å². The number of nitrogens with zero attached hydrogens (tertiary/aromatic N) is 3. The van der Waals surface area contributed by atoms with Gasteiger partial charge in [0, 0.05) is 17.7 Å². The molecule has 0 aliphatic carbocycles. The lowest BCUT2D eigenvalue weighted by molar-refractivity contribution is 0.102. The molecule has 6 nitrogen and oxygen atoms in total. The molecule has 1 heterocycles. The molecule has 1 N–H and O–H groups in total. The smallest absolute Gasteiger partial charge is 0.278 e. The minimum Gasteiger partial charge on any atom is -0.321 e. The lowest BCUT2D eigenvalue weighted by Gasteiger charge is -2.04. The number of rotatable bonds is 6. The van der Waals surface area contributed by atoms with Crippen molar-refractivity contribution in [1.82, 2.24) is 15.0 Å². The molecular formula is C23H18N4O2. The number of carbonyl (C=O) groups excluding carboxylic acids is 2. The number of para-hydroxylation sites is 2. The quantitative estimate of drug-likeness (QED) is 0.513. The highest BCUT2D eigenvalue weighted by molar-refractivity contribution is 6.03. The van der Waals surface area contributed by atoms with E-state index in [4.69, 9.17) is 0 Å². The molecule has 1 amide bonds. The largest absolute Gasteiger partial charge is 0.321 e. The Morgan fingerprint density at radius 2 is 1.52 bits per heavy atom. The summed E-state index contributed by atoms with van der Waals surface area (Å²) in [6.45, 7) is 0. The van der Waals surface area contributed by atoms with Crippen molar-refractivity contribution in [1.29, 1.82) is 0 Å². The molecule has 0 fully saturated rings. The van der Waals surface area contributed by atoms with E-state index in [1.807, 2.05) is 72.8 Å². The van der Waals surface area contributed by atoms with Crippen molar-refractivity contribution in [2.45, 2.75) is 6.42 Å². The monoisotopic (exact) mass is 382 g/mol. The Hall–Kier alpha value is -4.06. The Morgan fingerprint density at radius 3 is 2.17 bits per heavy atom. The molecule has 3 aromatic carbocycles. The maximum Gasteiger partial charge on any atom is 0.278 e. The van der Waals surface area contributed by atoms with Crippen LogP contribution in [0.5, 0.6) is 0 Å². The van der Waals surface area contributed by atoms with Gasteiger partial charge in [-0.3, -0.25) is 9.59 Å². The first-order chi connectivity index (χ1) is 14.2. The van der Waals surface area contributed by atoms with E-state index in [0.717, 1.165) is 17.5 Å². The summed E-state index contributed by atoms with van der Waals surface area (Å²) in [7, 11) is 0. The average molecular weight is 382 g/mol. The maximum absolute atomic E-state index is 12.9.